The monoisotopic (exact) mass is 279 g/mol. The molecule has 0 aliphatic heterocycles. The minimum Gasteiger partial charge on any atom is -0.378 e. The number of hydrogen-bond donors (Lipinski definition) is 1. The van der Waals surface area contributed by atoms with Crippen LogP contribution in [-0.2, 0) is 22.7 Å². The van der Waals surface area contributed by atoms with Crippen molar-refractivity contribution in [1.29, 1.82) is 0 Å². The Balaban J connectivity index is 2.69. The minimum atomic E-state index is -4.35. The minimum absolute atomic E-state index is 0.190. The van der Waals surface area contributed by atoms with Gasteiger partial charge in [-0.2, -0.15) is 13.2 Å². The van der Waals surface area contributed by atoms with Crippen LogP contribution in [0.15, 0.2) is 6.07 Å². The van der Waals surface area contributed by atoms with E-state index in [9.17, 15) is 13.2 Å². The summed E-state index contributed by atoms with van der Waals surface area (Å²) in [4.78, 5) is 8.11. The molecule has 1 heterocycles. The van der Waals surface area contributed by atoms with Crippen molar-refractivity contribution < 1.29 is 22.6 Å². The normalized spacial score (nSPS) is 11.6. The van der Waals surface area contributed by atoms with Gasteiger partial charge in [-0.25, -0.2) is 9.97 Å². The number of halogens is 3. The van der Waals surface area contributed by atoms with E-state index in [2.05, 4.69) is 20.0 Å². The Hall–Kier alpha value is -1.41. The van der Waals surface area contributed by atoms with Crippen molar-refractivity contribution in [3.63, 3.8) is 0 Å². The first kappa shape index (κ1) is 15.6. The molecule has 0 spiro atoms. The number of methoxy groups -OCH3 is 1. The first-order valence-electron chi connectivity index (χ1n) is 5.68. The van der Waals surface area contributed by atoms with Gasteiger partial charge < -0.3 is 14.8 Å². The summed E-state index contributed by atoms with van der Waals surface area (Å²) in [7, 11) is 1.51. The van der Waals surface area contributed by atoms with Crippen molar-refractivity contribution in [3.8, 4) is 0 Å². The molecule has 0 aliphatic rings. The Morgan fingerprint density at radius 3 is 2.58 bits per heavy atom. The Kier molecular flexibility index (Phi) is 5.97. The molecule has 0 aliphatic carbocycles. The highest BCUT2D eigenvalue weighted by atomic mass is 19.4. The number of nitrogens with one attached hydrogen (secondary N) is 1. The largest absolute Gasteiger partial charge is 0.411 e. The van der Waals surface area contributed by atoms with Gasteiger partial charge in [0.25, 0.3) is 0 Å². The maximum Gasteiger partial charge on any atom is 0.411 e. The molecule has 1 aromatic heterocycles. The number of hydrogen-bond acceptors (Lipinski definition) is 5. The van der Waals surface area contributed by atoms with Gasteiger partial charge in [0.2, 0.25) is 0 Å². The molecule has 0 saturated heterocycles. The number of aromatic nitrogens is 2. The molecule has 0 amide bonds. The van der Waals surface area contributed by atoms with Crippen LogP contribution in [0.25, 0.3) is 0 Å². The van der Waals surface area contributed by atoms with E-state index in [1.165, 1.54) is 7.11 Å². The summed E-state index contributed by atoms with van der Waals surface area (Å²) in [5.74, 6) is 0.727. The van der Waals surface area contributed by atoms with Crippen molar-refractivity contribution in [1.82, 2.24) is 9.97 Å². The Labute approximate surface area is 109 Å². The highest BCUT2D eigenvalue weighted by Crippen LogP contribution is 2.15. The smallest absolute Gasteiger partial charge is 0.378 e. The van der Waals surface area contributed by atoms with E-state index in [0.717, 1.165) is 0 Å². The SMILES string of the molecule is CCNc1cc(COC)nc(COCC(F)(F)F)n1. The van der Waals surface area contributed by atoms with Gasteiger partial charge in [-0.15, -0.1) is 0 Å². The highest BCUT2D eigenvalue weighted by Gasteiger charge is 2.27. The molecule has 0 fully saturated rings. The van der Waals surface area contributed by atoms with E-state index >= 15 is 0 Å². The van der Waals surface area contributed by atoms with Gasteiger partial charge in [0, 0.05) is 19.7 Å². The van der Waals surface area contributed by atoms with E-state index in [-0.39, 0.29) is 19.0 Å². The fraction of sp³-hybridized carbons (Fsp3) is 0.636. The molecule has 5 nitrogen and oxygen atoms in total. The second-order valence-corrected chi connectivity index (χ2v) is 3.73. The topological polar surface area (TPSA) is 56.3 Å². The lowest BCUT2D eigenvalue weighted by molar-refractivity contribution is -0.177. The average Bonchev–Trinajstić information content (AvgIpc) is 2.28. The van der Waals surface area contributed by atoms with Gasteiger partial charge in [-0.05, 0) is 6.92 Å². The van der Waals surface area contributed by atoms with E-state index in [4.69, 9.17) is 4.74 Å². The molecule has 1 rings (SSSR count). The number of nitrogens with zero attached hydrogens (tertiary/aromatic N) is 2. The molecule has 0 saturated carbocycles. The lowest BCUT2D eigenvalue weighted by Crippen LogP contribution is -2.17. The average molecular weight is 279 g/mol. The fourth-order valence-electron chi connectivity index (χ4n) is 1.37. The van der Waals surface area contributed by atoms with Crippen molar-refractivity contribution in [2.45, 2.75) is 26.3 Å². The molecule has 8 heteroatoms. The molecule has 0 unspecified atom stereocenters. The van der Waals surface area contributed by atoms with Crippen LogP contribution in [0.5, 0.6) is 0 Å². The first-order valence-corrected chi connectivity index (χ1v) is 5.68. The van der Waals surface area contributed by atoms with Crippen LogP contribution in [-0.4, -0.2) is 36.4 Å². The molecular formula is C11H16F3N3O2. The van der Waals surface area contributed by atoms with Crippen LogP contribution < -0.4 is 5.32 Å². The van der Waals surface area contributed by atoms with Crippen molar-refractivity contribution in [2.75, 3.05) is 25.6 Å². The van der Waals surface area contributed by atoms with E-state index < -0.39 is 12.8 Å². The van der Waals surface area contributed by atoms with Gasteiger partial charge in [-0.1, -0.05) is 0 Å². The van der Waals surface area contributed by atoms with Crippen LogP contribution in [0.2, 0.25) is 0 Å². The number of alkyl halides is 3. The quantitative estimate of drug-likeness (QED) is 0.828. The lowest BCUT2D eigenvalue weighted by Gasteiger charge is -2.10. The van der Waals surface area contributed by atoms with Crippen LogP contribution in [0, 0.1) is 0 Å². The molecular weight excluding hydrogens is 263 g/mol. The zero-order chi connectivity index (χ0) is 14.3. The third kappa shape index (κ3) is 6.35. The van der Waals surface area contributed by atoms with E-state index in [1.807, 2.05) is 6.92 Å². The predicted octanol–water partition coefficient (Wildman–Crippen LogP) is 2.13. The summed E-state index contributed by atoms with van der Waals surface area (Å²) in [5.41, 5.74) is 0.582. The molecule has 0 bridgehead atoms. The third-order valence-corrected chi connectivity index (χ3v) is 1.97. The Morgan fingerprint density at radius 2 is 2.00 bits per heavy atom. The van der Waals surface area contributed by atoms with Gasteiger partial charge in [0.1, 0.15) is 19.0 Å². The zero-order valence-electron chi connectivity index (χ0n) is 10.8. The summed E-state index contributed by atoms with van der Waals surface area (Å²) in [6.07, 6.45) is -4.35. The second-order valence-electron chi connectivity index (χ2n) is 3.73. The standard InChI is InChI=1S/C11H16F3N3O2/c1-3-15-9-4-8(5-18-2)16-10(17-9)6-19-7-11(12,13)14/h4H,3,5-7H2,1-2H3,(H,15,16,17). The summed E-state index contributed by atoms with van der Waals surface area (Å²) in [6, 6.07) is 1.68. The van der Waals surface area contributed by atoms with Crippen LogP contribution in [0.4, 0.5) is 19.0 Å². The Morgan fingerprint density at radius 1 is 1.26 bits per heavy atom. The van der Waals surface area contributed by atoms with Gasteiger partial charge in [-0.3, -0.25) is 0 Å². The fourth-order valence-corrected chi connectivity index (χ4v) is 1.37. The van der Waals surface area contributed by atoms with Gasteiger partial charge >= 0.3 is 6.18 Å². The third-order valence-electron chi connectivity index (χ3n) is 1.97. The molecule has 1 N–H and O–H groups in total. The molecule has 0 radical (unpaired) electrons. The maximum absolute atomic E-state index is 12.0. The van der Waals surface area contributed by atoms with Crippen LogP contribution in [0.3, 0.4) is 0 Å². The molecule has 1 aromatic rings. The summed E-state index contributed by atoms with van der Waals surface area (Å²) >= 11 is 0. The van der Waals surface area contributed by atoms with Crippen LogP contribution in [0.1, 0.15) is 18.4 Å². The first-order chi connectivity index (χ1) is 8.94. The van der Waals surface area contributed by atoms with Crippen molar-refractivity contribution >= 4 is 5.82 Å². The number of rotatable bonds is 7. The summed E-state index contributed by atoms with van der Waals surface area (Å²) in [6.45, 7) is 1.17. The second kappa shape index (κ2) is 7.25. The summed E-state index contributed by atoms with van der Waals surface area (Å²) in [5, 5.41) is 2.97. The van der Waals surface area contributed by atoms with E-state index in [0.29, 0.717) is 18.1 Å². The van der Waals surface area contributed by atoms with Crippen molar-refractivity contribution in [2.24, 2.45) is 0 Å². The summed E-state index contributed by atoms with van der Waals surface area (Å²) < 4.78 is 45.3. The molecule has 0 atom stereocenters. The Bertz CT molecular complexity index is 375. The van der Waals surface area contributed by atoms with Crippen LogP contribution >= 0.6 is 0 Å². The molecule has 0 aromatic carbocycles. The lowest BCUT2D eigenvalue weighted by atomic mass is 10.4. The maximum atomic E-state index is 12.0. The number of anilines is 1. The predicted molar refractivity (Wildman–Crippen MR) is 62.6 cm³/mol. The zero-order valence-corrected chi connectivity index (χ0v) is 10.8. The van der Waals surface area contributed by atoms with Gasteiger partial charge in [0.15, 0.2) is 5.82 Å². The number of ether oxygens (including phenoxy) is 2. The van der Waals surface area contributed by atoms with Crippen molar-refractivity contribution in [3.05, 3.63) is 17.6 Å². The molecule has 108 valence electrons. The highest BCUT2D eigenvalue weighted by molar-refractivity contribution is 5.35. The van der Waals surface area contributed by atoms with E-state index in [1.54, 1.807) is 6.07 Å². The van der Waals surface area contributed by atoms with Gasteiger partial charge in [0.05, 0.1) is 12.3 Å². The molecule has 19 heavy (non-hydrogen) atoms.